The molecule has 1 saturated heterocycles. The number of nitrogens with zero attached hydrogens (tertiary/aromatic N) is 3. The number of para-hydroxylation sites is 1. The van der Waals surface area contributed by atoms with Gasteiger partial charge in [0.2, 0.25) is 11.7 Å². The Morgan fingerprint density at radius 2 is 1.41 bits per heavy atom. The molecule has 3 aromatic rings. The van der Waals surface area contributed by atoms with E-state index >= 15 is 0 Å². The maximum absolute atomic E-state index is 13.5. The molecule has 0 spiro atoms. The molecule has 0 N–H and O–H groups in total. The van der Waals surface area contributed by atoms with Gasteiger partial charge in [0.05, 0.1) is 17.3 Å². The molecule has 2 aliphatic rings. The second kappa shape index (κ2) is 8.24. The van der Waals surface area contributed by atoms with Gasteiger partial charge in [-0.15, -0.1) is 0 Å². The van der Waals surface area contributed by atoms with Gasteiger partial charge in [0, 0.05) is 10.6 Å². The number of carboxylic acid groups (broad SMARTS) is 1. The summed E-state index contributed by atoms with van der Waals surface area (Å²) in [5.41, 5.74) is 0.888. The Hall–Kier alpha value is -4.30. The van der Waals surface area contributed by atoms with Gasteiger partial charge in [0.15, 0.2) is 0 Å². The third kappa shape index (κ3) is 3.45. The fraction of sp³-hybridized carbons (Fsp3) is 0.0800. The molecular formula is C25H15ClN3O5-. The number of carbonyl (C=O) groups is 4. The predicted octanol–water partition coefficient (Wildman–Crippen LogP) is 2.32. The number of amides is 2. The van der Waals surface area contributed by atoms with Crippen LogP contribution in [-0.2, 0) is 9.59 Å². The lowest BCUT2D eigenvalue weighted by molar-refractivity contribution is -0.255. The molecule has 168 valence electrons. The number of anilines is 2. The van der Waals surface area contributed by atoms with Crippen LogP contribution in [0.4, 0.5) is 11.4 Å². The normalized spacial score (nSPS) is 19.3. The fourth-order valence-corrected chi connectivity index (χ4v) is 4.27. The van der Waals surface area contributed by atoms with Gasteiger partial charge in [-0.05, 0) is 54.1 Å². The molecule has 0 unspecified atom stereocenters. The third-order valence-corrected chi connectivity index (χ3v) is 6.02. The van der Waals surface area contributed by atoms with Gasteiger partial charge in [0.25, 0.3) is 5.91 Å². The Labute approximate surface area is 198 Å². The number of rotatable bonds is 5. The van der Waals surface area contributed by atoms with Gasteiger partial charge in [-0.2, -0.15) is 5.10 Å². The summed E-state index contributed by atoms with van der Waals surface area (Å²) in [5, 5.41) is 17.3. The molecular weight excluding hydrogens is 458 g/mol. The number of hydrogen-bond donors (Lipinski definition) is 0. The van der Waals surface area contributed by atoms with Gasteiger partial charge in [-0.1, -0.05) is 41.9 Å². The van der Waals surface area contributed by atoms with Crippen molar-refractivity contribution in [3.05, 3.63) is 95.0 Å². The van der Waals surface area contributed by atoms with E-state index < -0.39 is 35.5 Å². The molecule has 0 bridgehead atoms. The van der Waals surface area contributed by atoms with Crippen molar-refractivity contribution in [1.29, 1.82) is 0 Å². The molecule has 9 heteroatoms. The van der Waals surface area contributed by atoms with Crippen LogP contribution < -0.4 is 15.0 Å². The average molecular weight is 473 g/mol. The highest BCUT2D eigenvalue weighted by atomic mass is 35.5. The smallest absolute Gasteiger partial charge is 0.259 e. The SMILES string of the molecule is O=C([O-])c1ccc(N2C(=O)[C@H]3C(C(=O)c4ccc(Cl)cc4)=NN(c4ccccc4)[C@H]3C2=O)cc1. The summed E-state index contributed by atoms with van der Waals surface area (Å²) in [5.74, 6) is -4.17. The van der Waals surface area contributed by atoms with Crippen molar-refractivity contribution in [1.82, 2.24) is 0 Å². The van der Waals surface area contributed by atoms with E-state index in [4.69, 9.17) is 11.6 Å². The van der Waals surface area contributed by atoms with Crippen molar-refractivity contribution in [2.45, 2.75) is 6.04 Å². The third-order valence-electron chi connectivity index (χ3n) is 5.77. The predicted molar refractivity (Wildman–Crippen MR) is 123 cm³/mol. The van der Waals surface area contributed by atoms with E-state index in [0.717, 1.165) is 4.90 Å². The topological polar surface area (TPSA) is 110 Å². The molecule has 3 aromatic carbocycles. The summed E-state index contributed by atoms with van der Waals surface area (Å²) in [6.45, 7) is 0. The van der Waals surface area contributed by atoms with Crippen molar-refractivity contribution in [3.8, 4) is 0 Å². The van der Waals surface area contributed by atoms with Crippen LogP contribution in [0.2, 0.25) is 5.02 Å². The van der Waals surface area contributed by atoms with Crippen molar-refractivity contribution >= 4 is 52.3 Å². The Kier molecular flexibility index (Phi) is 5.22. The molecule has 0 aromatic heterocycles. The van der Waals surface area contributed by atoms with E-state index in [1.165, 1.54) is 41.4 Å². The van der Waals surface area contributed by atoms with Crippen LogP contribution in [0.25, 0.3) is 0 Å². The highest BCUT2D eigenvalue weighted by molar-refractivity contribution is 6.53. The largest absolute Gasteiger partial charge is 0.545 e. The Morgan fingerprint density at radius 1 is 0.794 bits per heavy atom. The number of hydrazone groups is 1. The van der Waals surface area contributed by atoms with Crippen molar-refractivity contribution in [2.75, 3.05) is 9.91 Å². The number of aromatic carboxylic acids is 1. The molecule has 5 rings (SSSR count). The highest BCUT2D eigenvalue weighted by Crippen LogP contribution is 2.38. The summed E-state index contributed by atoms with van der Waals surface area (Å²) in [6.07, 6.45) is 0. The summed E-state index contributed by atoms with van der Waals surface area (Å²) in [4.78, 5) is 52.3. The first-order chi connectivity index (χ1) is 16.4. The zero-order chi connectivity index (χ0) is 24.0. The molecule has 8 nitrogen and oxygen atoms in total. The number of carbonyl (C=O) groups excluding carboxylic acids is 4. The van der Waals surface area contributed by atoms with Gasteiger partial charge in [-0.25, -0.2) is 4.90 Å². The van der Waals surface area contributed by atoms with E-state index in [-0.39, 0.29) is 22.5 Å². The Bertz CT molecular complexity index is 1350. The van der Waals surface area contributed by atoms with Crippen molar-refractivity contribution < 1.29 is 24.3 Å². The molecule has 1 fully saturated rings. The number of hydrogen-bond acceptors (Lipinski definition) is 7. The minimum absolute atomic E-state index is 0.0524. The number of fused-ring (bicyclic) bond motifs is 1. The van der Waals surface area contributed by atoms with Crippen LogP contribution in [0, 0.1) is 5.92 Å². The van der Waals surface area contributed by atoms with Crippen LogP contribution >= 0.6 is 11.6 Å². The monoisotopic (exact) mass is 472 g/mol. The molecule has 0 aliphatic carbocycles. The fourth-order valence-electron chi connectivity index (χ4n) is 4.15. The molecule has 2 amide bonds. The molecule has 0 radical (unpaired) electrons. The summed E-state index contributed by atoms with van der Waals surface area (Å²) in [7, 11) is 0. The summed E-state index contributed by atoms with van der Waals surface area (Å²) in [6, 6.07) is 19.1. The van der Waals surface area contributed by atoms with Crippen LogP contribution in [0.1, 0.15) is 20.7 Å². The lowest BCUT2D eigenvalue weighted by Crippen LogP contribution is -2.39. The zero-order valence-corrected chi connectivity index (χ0v) is 18.2. The lowest BCUT2D eigenvalue weighted by atomic mass is 9.92. The quantitative estimate of drug-likeness (QED) is 0.416. The minimum atomic E-state index is -1.37. The van der Waals surface area contributed by atoms with Gasteiger partial charge in [0.1, 0.15) is 17.7 Å². The standard InChI is InChI=1S/C25H16ClN3O5/c26-16-10-6-14(7-11-16)22(30)20-19-21(29(27-20)18-4-2-1-3-5-18)24(32)28(23(19)31)17-12-8-15(9-13-17)25(33)34/h1-13,19,21H,(H,33,34)/p-1/t19-,21+/m0/s1. The molecule has 0 saturated carbocycles. The number of carboxylic acids is 1. The van der Waals surface area contributed by atoms with E-state index in [0.29, 0.717) is 10.7 Å². The summed E-state index contributed by atoms with van der Waals surface area (Å²) < 4.78 is 0. The van der Waals surface area contributed by atoms with Gasteiger partial charge >= 0.3 is 0 Å². The minimum Gasteiger partial charge on any atom is -0.545 e. The first-order valence-corrected chi connectivity index (χ1v) is 10.7. The van der Waals surface area contributed by atoms with Gasteiger partial charge < -0.3 is 9.90 Å². The highest BCUT2D eigenvalue weighted by Gasteiger charge is 2.58. The Morgan fingerprint density at radius 3 is 2.03 bits per heavy atom. The van der Waals surface area contributed by atoms with Crippen LogP contribution in [0.5, 0.6) is 0 Å². The van der Waals surface area contributed by atoms with Crippen molar-refractivity contribution in [3.63, 3.8) is 0 Å². The summed E-state index contributed by atoms with van der Waals surface area (Å²) >= 11 is 5.93. The first kappa shape index (κ1) is 21.5. The lowest BCUT2D eigenvalue weighted by Gasteiger charge is -2.22. The van der Waals surface area contributed by atoms with Crippen LogP contribution in [-0.4, -0.2) is 35.3 Å². The van der Waals surface area contributed by atoms with Crippen LogP contribution in [0.3, 0.4) is 0 Å². The van der Waals surface area contributed by atoms with Crippen LogP contribution in [0.15, 0.2) is 84.0 Å². The number of benzene rings is 3. The molecule has 2 atom stereocenters. The number of halogens is 1. The zero-order valence-electron chi connectivity index (χ0n) is 17.4. The molecule has 2 heterocycles. The number of Topliss-reactive ketones (excluding diaryl/α,β-unsaturated/α-hetero) is 1. The van der Waals surface area contributed by atoms with E-state index in [1.54, 1.807) is 42.5 Å². The van der Waals surface area contributed by atoms with E-state index in [2.05, 4.69) is 5.10 Å². The van der Waals surface area contributed by atoms with E-state index in [9.17, 15) is 24.3 Å². The second-order valence-electron chi connectivity index (χ2n) is 7.77. The average Bonchev–Trinajstić information content (AvgIpc) is 3.36. The maximum Gasteiger partial charge on any atom is 0.259 e. The number of ketones is 1. The number of imide groups is 1. The molecule has 2 aliphatic heterocycles. The first-order valence-electron chi connectivity index (χ1n) is 10.3. The van der Waals surface area contributed by atoms with Gasteiger partial charge in [-0.3, -0.25) is 19.4 Å². The van der Waals surface area contributed by atoms with Crippen molar-refractivity contribution in [2.24, 2.45) is 11.0 Å². The second-order valence-corrected chi connectivity index (χ2v) is 8.21. The maximum atomic E-state index is 13.5. The van der Waals surface area contributed by atoms with E-state index in [1.807, 2.05) is 0 Å². The molecule has 34 heavy (non-hydrogen) atoms. The Balaban J connectivity index is 1.58.